The van der Waals surface area contributed by atoms with E-state index in [0.29, 0.717) is 0 Å². The number of carbonyl (C=O) groups is 2. The summed E-state index contributed by atoms with van der Waals surface area (Å²) in [6, 6.07) is 17.6. The van der Waals surface area contributed by atoms with Crippen molar-refractivity contribution >= 4 is 36.4 Å². The first-order valence-corrected chi connectivity index (χ1v) is 13.4. The van der Waals surface area contributed by atoms with Gasteiger partial charge in [0.25, 0.3) is 0 Å². The van der Waals surface area contributed by atoms with E-state index in [1.807, 2.05) is 44.3 Å². The highest BCUT2D eigenvalue weighted by Crippen LogP contribution is 2.17. The largest absolute Gasteiger partial charge is 0.316 e. The number of hydrogen-bond acceptors (Lipinski definition) is 2. The molecule has 0 N–H and O–H groups in total. The van der Waals surface area contributed by atoms with Crippen molar-refractivity contribution in [3.05, 3.63) is 54.1 Å². The summed E-state index contributed by atoms with van der Waals surface area (Å²) in [7, 11) is 2.27. The maximum Gasteiger partial charge on any atom is 0.223 e. The number of anilines is 2. The molecule has 182 valence electrons. The molecular weight excluding hydrogens is 412 g/mol. The molecule has 0 aliphatic heterocycles. The second-order valence-electron chi connectivity index (χ2n) is 8.18. The quantitative estimate of drug-likeness (QED) is 0.456. The van der Waals surface area contributed by atoms with Gasteiger partial charge in [-0.2, -0.15) is 0 Å². The Morgan fingerprint density at radius 2 is 1.25 bits per heavy atom. The molecule has 0 saturated carbocycles. The minimum Gasteiger partial charge on any atom is -0.316 e. The zero-order chi connectivity index (χ0) is 22.2. The van der Waals surface area contributed by atoms with Crippen LogP contribution in [0.3, 0.4) is 0 Å². The molecule has 2 rings (SSSR count). The molecule has 0 spiro atoms. The lowest BCUT2D eigenvalue weighted by molar-refractivity contribution is -0.117. The van der Waals surface area contributed by atoms with Crippen molar-refractivity contribution < 1.29 is 9.59 Å². The fourth-order valence-corrected chi connectivity index (χ4v) is 5.73. The normalized spacial score (nSPS) is 9.62. The van der Waals surface area contributed by atoms with Crippen molar-refractivity contribution in [3.8, 4) is 0 Å². The van der Waals surface area contributed by atoms with Crippen LogP contribution in [-0.4, -0.2) is 34.0 Å². The summed E-state index contributed by atoms with van der Waals surface area (Å²) in [5.74, 6) is 0.137. The van der Waals surface area contributed by atoms with Crippen LogP contribution in [-0.2, 0) is 9.59 Å². The number of aryl methyl sites for hydroxylation is 1. The summed E-state index contributed by atoms with van der Waals surface area (Å²) < 4.78 is 0. The summed E-state index contributed by atoms with van der Waals surface area (Å²) in [6.07, 6.45) is 1.23. The van der Waals surface area contributed by atoms with Gasteiger partial charge >= 0.3 is 0 Å². The molecule has 2 aromatic carbocycles. The molecule has 0 fully saturated rings. The number of amides is 2. The van der Waals surface area contributed by atoms with Gasteiger partial charge in [-0.15, -0.1) is 0 Å². The summed E-state index contributed by atoms with van der Waals surface area (Å²) in [6.45, 7) is 12.2. The van der Waals surface area contributed by atoms with E-state index in [0.717, 1.165) is 11.4 Å². The van der Waals surface area contributed by atoms with Gasteiger partial charge in [0.2, 0.25) is 11.8 Å². The smallest absolute Gasteiger partial charge is 0.223 e. The molecule has 0 unspecified atom stereocenters. The average molecular weight is 461 g/mol. The Bertz CT molecular complexity index is 834. The van der Waals surface area contributed by atoms with Crippen molar-refractivity contribution in [2.45, 2.75) is 75.5 Å². The molecule has 2 aromatic rings. The summed E-state index contributed by atoms with van der Waals surface area (Å²) in [4.78, 5) is 25.7. The first kappa shape index (κ1) is 34.2. The molecule has 0 bridgehead atoms. The van der Waals surface area contributed by atoms with Crippen molar-refractivity contribution in [3.63, 3.8) is 0 Å². The molecule has 0 radical (unpaired) electrons. The molecule has 0 heterocycles. The summed E-state index contributed by atoms with van der Waals surface area (Å²) in [5, 5.41) is 1.44. The molecule has 4 nitrogen and oxygen atoms in total. The van der Waals surface area contributed by atoms with Gasteiger partial charge in [-0.05, 0) is 36.8 Å². The highest BCUT2D eigenvalue weighted by molar-refractivity contribution is 6.89. The standard InChI is InChI=1S/C14H23NOSi.C10H13NO.3CH4/c1-6-10-17(4,5)14-9-7-8-13(11-14)15(3)12(2)16;1-8-5-4-6-10(7-8)11(3)9(2)12;;;/h7-9,11H,6,10H2,1-5H3;4-7H,1-3H3;3*1H4. The molecular formula is C27H48N2O2Si. The molecule has 0 aliphatic rings. The third-order valence-corrected chi connectivity index (χ3v) is 8.85. The van der Waals surface area contributed by atoms with Crippen LogP contribution in [0.15, 0.2) is 48.5 Å². The Kier molecular flexibility index (Phi) is 16.5. The fraction of sp³-hybridized carbons (Fsp3) is 0.481. The van der Waals surface area contributed by atoms with E-state index < -0.39 is 8.07 Å². The van der Waals surface area contributed by atoms with Crippen molar-refractivity contribution in [1.29, 1.82) is 0 Å². The van der Waals surface area contributed by atoms with Crippen LogP contribution >= 0.6 is 0 Å². The number of carbonyl (C=O) groups excluding carboxylic acids is 2. The SMILES string of the molecule is C.C.C.CC(=O)N(C)c1cccc(C)c1.CCC[Si](C)(C)c1cccc(N(C)C(C)=O)c1. The number of hydrogen-bond donors (Lipinski definition) is 0. The van der Waals surface area contributed by atoms with E-state index >= 15 is 0 Å². The number of rotatable bonds is 5. The topological polar surface area (TPSA) is 40.6 Å². The molecule has 5 heteroatoms. The minimum atomic E-state index is -1.33. The molecule has 0 atom stereocenters. The zero-order valence-electron chi connectivity index (χ0n) is 19.2. The lowest BCUT2D eigenvalue weighted by atomic mass is 10.2. The third kappa shape index (κ3) is 10.3. The van der Waals surface area contributed by atoms with Gasteiger partial charge in [-0.3, -0.25) is 9.59 Å². The van der Waals surface area contributed by atoms with Gasteiger partial charge in [0.15, 0.2) is 0 Å². The monoisotopic (exact) mass is 460 g/mol. The highest BCUT2D eigenvalue weighted by atomic mass is 28.3. The van der Waals surface area contributed by atoms with Gasteiger partial charge in [0.1, 0.15) is 0 Å². The Hall–Kier alpha value is -2.40. The van der Waals surface area contributed by atoms with Crippen LogP contribution in [0.1, 0.15) is 55.0 Å². The van der Waals surface area contributed by atoms with Gasteiger partial charge in [-0.1, -0.05) is 84.2 Å². The average Bonchev–Trinajstić information content (AvgIpc) is 2.67. The summed E-state index contributed by atoms with van der Waals surface area (Å²) in [5.41, 5.74) is 3.12. The van der Waals surface area contributed by atoms with E-state index in [2.05, 4.69) is 38.2 Å². The van der Waals surface area contributed by atoms with Gasteiger partial charge in [-0.25, -0.2) is 0 Å². The second kappa shape index (κ2) is 15.4. The second-order valence-corrected chi connectivity index (χ2v) is 13.0. The number of benzene rings is 2. The molecule has 0 aromatic heterocycles. The Balaban J connectivity index is -0.000000503. The molecule has 32 heavy (non-hydrogen) atoms. The van der Waals surface area contributed by atoms with Gasteiger partial charge < -0.3 is 9.80 Å². The van der Waals surface area contributed by atoms with E-state index in [9.17, 15) is 9.59 Å². The van der Waals surface area contributed by atoms with Crippen LogP contribution in [0.2, 0.25) is 19.1 Å². The maximum atomic E-state index is 11.4. The van der Waals surface area contributed by atoms with Gasteiger partial charge in [0, 0.05) is 39.3 Å². The fourth-order valence-electron chi connectivity index (χ4n) is 3.11. The lowest BCUT2D eigenvalue weighted by Gasteiger charge is -2.24. The van der Waals surface area contributed by atoms with E-state index in [-0.39, 0.29) is 34.1 Å². The molecule has 0 aliphatic carbocycles. The maximum absolute atomic E-state index is 11.4. The summed E-state index contributed by atoms with van der Waals surface area (Å²) >= 11 is 0. The first-order valence-electron chi connectivity index (χ1n) is 10.2. The van der Waals surface area contributed by atoms with Crippen molar-refractivity contribution in [2.75, 3.05) is 23.9 Å². The van der Waals surface area contributed by atoms with Gasteiger partial charge in [0.05, 0.1) is 8.07 Å². The van der Waals surface area contributed by atoms with E-state index in [1.165, 1.54) is 23.2 Å². The van der Waals surface area contributed by atoms with Crippen LogP contribution in [0.5, 0.6) is 0 Å². The van der Waals surface area contributed by atoms with Crippen LogP contribution in [0, 0.1) is 6.92 Å². The third-order valence-electron chi connectivity index (χ3n) is 5.22. The van der Waals surface area contributed by atoms with E-state index in [1.54, 1.807) is 30.7 Å². The van der Waals surface area contributed by atoms with Crippen LogP contribution < -0.4 is 15.0 Å². The first-order chi connectivity index (χ1) is 13.5. The lowest BCUT2D eigenvalue weighted by Crippen LogP contribution is -2.41. The molecule has 0 saturated heterocycles. The molecule has 2 amide bonds. The number of nitrogens with zero attached hydrogens (tertiary/aromatic N) is 2. The Morgan fingerprint density at radius 1 is 0.812 bits per heavy atom. The predicted octanol–water partition coefficient (Wildman–Crippen LogP) is 6.88. The minimum absolute atomic E-state index is 0. The highest BCUT2D eigenvalue weighted by Gasteiger charge is 2.22. The van der Waals surface area contributed by atoms with Crippen molar-refractivity contribution in [1.82, 2.24) is 0 Å². The zero-order valence-corrected chi connectivity index (χ0v) is 20.2. The van der Waals surface area contributed by atoms with Crippen LogP contribution in [0.4, 0.5) is 11.4 Å². The Labute approximate surface area is 199 Å². The van der Waals surface area contributed by atoms with E-state index in [4.69, 9.17) is 0 Å². The Morgan fingerprint density at radius 3 is 1.66 bits per heavy atom. The van der Waals surface area contributed by atoms with Crippen LogP contribution in [0.25, 0.3) is 0 Å². The predicted molar refractivity (Wildman–Crippen MR) is 148 cm³/mol. The van der Waals surface area contributed by atoms with Crippen molar-refractivity contribution in [2.24, 2.45) is 0 Å².